The standard InChI is InChI=1S/C13H14N4O3S/c18-13(16-11-2-6-21(19,20)8-11)10-1-3-15-12(7-10)17-5-4-14-9-17/h1,3-5,7,9,11H,2,6,8H2,(H,16,18)/t11-/m0/s1. The van der Waals surface area contributed by atoms with E-state index in [9.17, 15) is 13.2 Å². The number of pyridine rings is 1. The van der Waals surface area contributed by atoms with Crippen LogP contribution in [0.15, 0.2) is 37.1 Å². The molecule has 1 atom stereocenters. The summed E-state index contributed by atoms with van der Waals surface area (Å²) in [5.41, 5.74) is 0.443. The zero-order valence-electron chi connectivity index (χ0n) is 11.1. The van der Waals surface area contributed by atoms with Crippen LogP contribution in [0, 0.1) is 0 Å². The van der Waals surface area contributed by atoms with Crippen molar-refractivity contribution in [3.8, 4) is 5.82 Å². The molecule has 2 aromatic heterocycles. The molecule has 1 aliphatic rings. The van der Waals surface area contributed by atoms with Gasteiger partial charge in [0.15, 0.2) is 9.84 Å². The quantitative estimate of drug-likeness (QED) is 0.873. The lowest BCUT2D eigenvalue weighted by atomic mass is 10.2. The molecule has 0 saturated carbocycles. The van der Waals surface area contributed by atoms with Crippen LogP contribution in [0.25, 0.3) is 5.82 Å². The topological polar surface area (TPSA) is 94.0 Å². The van der Waals surface area contributed by atoms with E-state index < -0.39 is 9.84 Å². The normalized spacial score (nSPS) is 20.3. The largest absolute Gasteiger partial charge is 0.348 e. The van der Waals surface area contributed by atoms with Crippen molar-refractivity contribution < 1.29 is 13.2 Å². The Kier molecular flexibility index (Phi) is 3.46. The van der Waals surface area contributed by atoms with Crippen molar-refractivity contribution in [1.29, 1.82) is 0 Å². The summed E-state index contributed by atoms with van der Waals surface area (Å²) < 4.78 is 24.5. The van der Waals surface area contributed by atoms with Crippen LogP contribution in [0.1, 0.15) is 16.8 Å². The molecule has 1 amide bonds. The summed E-state index contributed by atoms with van der Waals surface area (Å²) in [6, 6.07) is 2.92. The van der Waals surface area contributed by atoms with Gasteiger partial charge in [-0.3, -0.25) is 9.36 Å². The second-order valence-corrected chi connectivity index (χ2v) is 7.17. The first kappa shape index (κ1) is 13.7. The van der Waals surface area contributed by atoms with E-state index in [1.165, 1.54) is 6.20 Å². The summed E-state index contributed by atoms with van der Waals surface area (Å²) in [6.45, 7) is 0. The number of imidazole rings is 1. The Bertz CT molecular complexity index is 755. The number of aromatic nitrogens is 3. The molecule has 0 radical (unpaired) electrons. The third kappa shape index (κ3) is 3.10. The molecule has 1 N–H and O–H groups in total. The molecular weight excluding hydrogens is 292 g/mol. The summed E-state index contributed by atoms with van der Waals surface area (Å²) in [4.78, 5) is 20.3. The van der Waals surface area contributed by atoms with Crippen molar-refractivity contribution in [2.24, 2.45) is 0 Å². The minimum atomic E-state index is -3.01. The third-order valence-corrected chi connectivity index (χ3v) is 5.11. The predicted octanol–water partition coefficient (Wildman–Crippen LogP) is 0.184. The van der Waals surface area contributed by atoms with Gasteiger partial charge in [-0.1, -0.05) is 0 Å². The van der Waals surface area contributed by atoms with E-state index in [4.69, 9.17) is 0 Å². The minimum Gasteiger partial charge on any atom is -0.348 e. The number of rotatable bonds is 3. The van der Waals surface area contributed by atoms with Gasteiger partial charge in [-0.25, -0.2) is 18.4 Å². The van der Waals surface area contributed by atoms with Crippen LogP contribution in [-0.4, -0.2) is 46.4 Å². The van der Waals surface area contributed by atoms with Crippen LogP contribution in [0.3, 0.4) is 0 Å². The van der Waals surface area contributed by atoms with Crippen LogP contribution in [0.4, 0.5) is 0 Å². The predicted molar refractivity (Wildman–Crippen MR) is 75.9 cm³/mol. The molecule has 3 heterocycles. The second-order valence-electron chi connectivity index (χ2n) is 4.95. The Morgan fingerprint density at radius 1 is 1.38 bits per heavy atom. The Labute approximate surface area is 122 Å². The molecule has 21 heavy (non-hydrogen) atoms. The van der Waals surface area contributed by atoms with Crippen molar-refractivity contribution in [2.75, 3.05) is 11.5 Å². The van der Waals surface area contributed by atoms with E-state index >= 15 is 0 Å². The van der Waals surface area contributed by atoms with E-state index in [1.54, 1.807) is 35.4 Å². The smallest absolute Gasteiger partial charge is 0.251 e. The fourth-order valence-corrected chi connectivity index (χ4v) is 3.95. The van der Waals surface area contributed by atoms with Crippen molar-refractivity contribution >= 4 is 15.7 Å². The fourth-order valence-electron chi connectivity index (χ4n) is 2.27. The first-order valence-corrected chi connectivity index (χ1v) is 8.31. The van der Waals surface area contributed by atoms with E-state index in [1.807, 2.05) is 0 Å². The van der Waals surface area contributed by atoms with Crippen LogP contribution < -0.4 is 5.32 Å². The Hall–Kier alpha value is -2.22. The highest BCUT2D eigenvalue weighted by atomic mass is 32.2. The van der Waals surface area contributed by atoms with Gasteiger partial charge in [0.2, 0.25) is 0 Å². The highest BCUT2D eigenvalue weighted by Gasteiger charge is 2.29. The molecule has 0 aliphatic carbocycles. The van der Waals surface area contributed by atoms with Gasteiger partial charge < -0.3 is 5.32 Å². The highest BCUT2D eigenvalue weighted by molar-refractivity contribution is 7.91. The molecule has 0 bridgehead atoms. The molecular formula is C13H14N4O3S. The van der Waals surface area contributed by atoms with Crippen LogP contribution in [-0.2, 0) is 9.84 Å². The number of carbonyl (C=O) groups excluding carboxylic acids is 1. The maximum Gasteiger partial charge on any atom is 0.251 e. The molecule has 3 rings (SSSR count). The van der Waals surface area contributed by atoms with Gasteiger partial charge >= 0.3 is 0 Å². The van der Waals surface area contributed by atoms with Gasteiger partial charge in [0, 0.05) is 30.2 Å². The zero-order chi connectivity index (χ0) is 14.9. The average Bonchev–Trinajstić information content (AvgIpc) is 3.09. The summed E-state index contributed by atoms with van der Waals surface area (Å²) in [6.07, 6.45) is 6.95. The van der Waals surface area contributed by atoms with E-state index in [0.29, 0.717) is 17.8 Å². The number of amides is 1. The number of nitrogens with zero attached hydrogens (tertiary/aromatic N) is 3. The average molecular weight is 306 g/mol. The molecule has 0 spiro atoms. The summed E-state index contributed by atoms with van der Waals surface area (Å²) in [5, 5.41) is 2.75. The summed E-state index contributed by atoms with van der Waals surface area (Å²) >= 11 is 0. The van der Waals surface area contributed by atoms with Gasteiger partial charge in [0.05, 0.1) is 11.5 Å². The van der Waals surface area contributed by atoms with Gasteiger partial charge in [-0.15, -0.1) is 0 Å². The number of hydrogen-bond donors (Lipinski definition) is 1. The first-order valence-electron chi connectivity index (χ1n) is 6.49. The van der Waals surface area contributed by atoms with Crippen molar-refractivity contribution in [3.05, 3.63) is 42.6 Å². The lowest BCUT2D eigenvalue weighted by Gasteiger charge is -2.11. The number of carbonyl (C=O) groups is 1. The number of hydrogen-bond acceptors (Lipinski definition) is 5. The first-order chi connectivity index (χ1) is 10.0. The lowest BCUT2D eigenvalue weighted by Crippen LogP contribution is -2.35. The van der Waals surface area contributed by atoms with Crippen LogP contribution in [0.5, 0.6) is 0 Å². The van der Waals surface area contributed by atoms with E-state index in [-0.39, 0.29) is 23.5 Å². The van der Waals surface area contributed by atoms with Gasteiger partial charge in [-0.2, -0.15) is 0 Å². The molecule has 0 aromatic carbocycles. The van der Waals surface area contributed by atoms with Crippen molar-refractivity contribution in [3.63, 3.8) is 0 Å². The van der Waals surface area contributed by atoms with Crippen LogP contribution >= 0.6 is 0 Å². The molecule has 1 aliphatic heterocycles. The lowest BCUT2D eigenvalue weighted by molar-refractivity contribution is 0.0941. The van der Waals surface area contributed by atoms with Gasteiger partial charge in [0.1, 0.15) is 12.1 Å². The van der Waals surface area contributed by atoms with E-state index in [2.05, 4.69) is 15.3 Å². The summed E-state index contributed by atoms with van der Waals surface area (Å²) in [7, 11) is -3.01. The zero-order valence-corrected chi connectivity index (χ0v) is 12.0. The van der Waals surface area contributed by atoms with Gasteiger partial charge in [-0.05, 0) is 18.6 Å². The van der Waals surface area contributed by atoms with E-state index in [0.717, 1.165) is 0 Å². The number of nitrogens with one attached hydrogen (secondary N) is 1. The summed E-state index contributed by atoms with van der Waals surface area (Å²) in [5.74, 6) is 0.437. The molecule has 8 heteroatoms. The minimum absolute atomic E-state index is 0.0121. The third-order valence-electron chi connectivity index (χ3n) is 3.34. The van der Waals surface area contributed by atoms with Crippen molar-refractivity contribution in [2.45, 2.75) is 12.5 Å². The highest BCUT2D eigenvalue weighted by Crippen LogP contribution is 2.13. The Morgan fingerprint density at radius 3 is 2.90 bits per heavy atom. The monoisotopic (exact) mass is 306 g/mol. The molecule has 1 fully saturated rings. The van der Waals surface area contributed by atoms with Gasteiger partial charge in [0.25, 0.3) is 5.91 Å². The molecule has 7 nitrogen and oxygen atoms in total. The maximum absolute atomic E-state index is 12.2. The Balaban J connectivity index is 1.75. The molecule has 110 valence electrons. The molecule has 0 unspecified atom stereocenters. The molecule has 1 saturated heterocycles. The second kappa shape index (κ2) is 5.28. The van der Waals surface area contributed by atoms with Crippen molar-refractivity contribution in [1.82, 2.24) is 19.9 Å². The number of sulfone groups is 1. The SMILES string of the molecule is O=C(N[C@H]1CCS(=O)(=O)C1)c1ccnc(-n2ccnc2)c1. The molecule has 2 aromatic rings. The van der Waals surface area contributed by atoms with Crippen LogP contribution in [0.2, 0.25) is 0 Å². The fraction of sp³-hybridized carbons (Fsp3) is 0.308. The maximum atomic E-state index is 12.2. The Morgan fingerprint density at radius 2 is 2.24 bits per heavy atom.